The number of sulfonamides is 1. The molecule has 0 saturated heterocycles. The van der Waals surface area contributed by atoms with Crippen molar-refractivity contribution in [3.8, 4) is 0 Å². The zero-order chi connectivity index (χ0) is 14.9. The molecular formula is C13H18N4O3S. The molecule has 2 aromatic rings. The molecule has 0 atom stereocenters. The van der Waals surface area contributed by atoms with Gasteiger partial charge in [0.1, 0.15) is 5.76 Å². The average Bonchev–Trinajstić information content (AvgIpc) is 3.02. The van der Waals surface area contributed by atoms with Crippen LogP contribution in [0.2, 0.25) is 0 Å². The van der Waals surface area contributed by atoms with Gasteiger partial charge in [0.05, 0.1) is 6.20 Å². The van der Waals surface area contributed by atoms with Crippen LogP contribution < -0.4 is 4.72 Å². The molecule has 8 heteroatoms. The Morgan fingerprint density at radius 2 is 2.29 bits per heavy atom. The Morgan fingerprint density at radius 3 is 2.90 bits per heavy atom. The number of anilines is 1. The molecule has 1 aliphatic rings. The van der Waals surface area contributed by atoms with E-state index in [1.54, 1.807) is 10.7 Å². The van der Waals surface area contributed by atoms with Crippen molar-refractivity contribution in [1.82, 2.24) is 14.9 Å². The highest BCUT2D eigenvalue weighted by Crippen LogP contribution is 2.28. The van der Waals surface area contributed by atoms with Crippen LogP contribution in [0.25, 0.3) is 0 Å². The molecule has 21 heavy (non-hydrogen) atoms. The third kappa shape index (κ3) is 2.94. The van der Waals surface area contributed by atoms with E-state index in [1.165, 1.54) is 18.7 Å². The number of hydrogen-bond acceptors (Lipinski definition) is 5. The minimum absolute atomic E-state index is 0.162. The van der Waals surface area contributed by atoms with Crippen molar-refractivity contribution in [2.45, 2.75) is 44.2 Å². The number of nitrogens with zero attached hydrogens (tertiary/aromatic N) is 3. The highest BCUT2D eigenvalue weighted by atomic mass is 32.2. The second-order valence-electron chi connectivity index (χ2n) is 5.29. The van der Waals surface area contributed by atoms with Crippen molar-refractivity contribution in [2.24, 2.45) is 5.92 Å². The lowest BCUT2D eigenvalue weighted by atomic mass is 9.85. The summed E-state index contributed by atoms with van der Waals surface area (Å²) >= 11 is 0. The smallest absolute Gasteiger partial charge is 0.280 e. The summed E-state index contributed by atoms with van der Waals surface area (Å²) in [5.41, 5.74) is 0. The molecule has 2 aromatic heterocycles. The maximum Gasteiger partial charge on any atom is 0.280 e. The van der Waals surface area contributed by atoms with E-state index in [0.717, 1.165) is 12.8 Å². The maximum absolute atomic E-state index is 12.4. The fourth-order valence-electron chi connectivity index (χ4n) is 2.32. The van der Waals surface area contributed by atoms with Gasteiger partial charge in [-0.25, -0.2) is 0 Å². The molecule has 1 fully saturated rings. The first-order chi connectivity index (χ1) is 10.1. The zero-order valence-electron chi connectivity index (χ0n) is 11.8. The van der Waals surface area contributed by atoms with E-state index in [4.69, 9.17) is 4.52 Å². The summed E-state index contributed by atoms with van der Waals surface area (Å²) < 4.78 is 33.8. The standard InChI is InChI=1S/C13H18N4O3S/c1-2-11-8-12(15-20-11)16-21(18,19)13-6-7-14-17(13)9-10-4-3-5-10/h6-8,10H,2-5,9H2,1H3,(H,15,16). The Kier molecular flexibility index (Phi) is 3.71. The first kappa shape index (κ1) is 14.1. The van der Waals surface area contributed by atoms with Crippen LogP contribution >= 0.6 is 0 Å². The zero-order valence-corrected chi connectivity index (χ0v) is 12.6. The van der Waals surface area contributed by atoms with Crippen molar-refractivity contribution < 1.29 is 12.9 Å². The molecular weight excluding hydrogens is 292 g/mol. The second kappa shape index (κ2) is 5.51. The van der Waals surface area contributed by atoms with Crippen molar-refractivity contribution in [2.75, 3.05) is 4.72 Å². The maximum atomic E-state index is 12.4. The summed E-state index contributed by atoms with van der Waals surface area (Å²) in [6.07, 6.45) is 5.65. The van der Waals surface area contributed by atoms with E-state index in [2.05, 4.69) is 15.0 Å². The van der Waals surface area contributed by atoms with Crippen LogP contribution in [0, 0.1) is 5.92 Å². The molecule has 0 radical (unpaired) electrons. The molecule has 2 heterocycles. The lowest BCUT2D eigenvalue weighted by Crippen LogP contribution is -2.23. The van der Waals surface area contributed by atoms with Crippen LogP contribution in [0.5, 0.6) is 0 Å². The van der Waals surface area contributed by atoms with E-state index in [1.807, 2.05) is 6.92 Å². The van der Waals surface area contributed by atoms with Gasteiger partial charge in [0.15, 0.2) is 10.8 Å². The molecule has 114 valence electrons. The van der Waals surface area contributed by atoms with E-state index < -0.39 is 10.0 Å². The van der Waals surface area contributed by atoms with Crippen LogP contribution in [0.1, 0.15) is 31.9 Å². The Balaban J connectivity index is 1.79. The highest BCUT2D eigenvalue weighted by molar-refractivity contribution is 7.92. The topological polar surface area (TPSA) is 90.0 Å². The SMILES string of the molecule is CCc1cc(NS(=O)(=O)c2ccnn2CC2CCC2)no1. The number of rotatable bonds is 6. The van der Waals surface area contributed by atoms with Crippen LogP contribution in [0.15, 0.2) is 27.9 Å². The van der Waals surface area contributed by atoms with Gasteiger partial charge in [0.2, 0.25) is 0 Å². The molecule has 7 nitrogen and oxygen atoms in total. The van der Waals surface area contributed by atoms with Gasteiger partial charge in [-0.2, -0.15) is 13.5 Å². The quantitative estimate of drug-likeness (QED) is 0.881. The predicted molar refractivity (Wildman–Crippen MR) is 76.3 cm³/mol. The highest BCUT2D eigenvalue weighted by Gasteiger charge is 2.25. The van der Waals surface area contributed by atoms with Crippen LogP contribution in [0.3, 0.4) is 0 Å². The van der Waals surface area contributed by atoms with E-state index in [9.17, 15) is 8.42 Å². The Labute approximate surface area is 123 Å². The lowest BCUT2D eigenvalue weighted by molar-refractivity contribution is 0.258. The molecule has 3 rings (SSSR count). The predicted octanol–water partition coefficient (Wildman–Crippen LogP) is 2.03. The Hall–Kier alpha value is -1.83. The van der Waals surface area contributed by atoms with Crippen molar-refractivity contribution in [1.29, 1.82) is 0 Å². The minimum atomic E-state index is -3.70. The first-order valence-corrected chi connectivity index (χ1v) is 8.57. The van der Waals surface area contributed by atoms with Crippen molar-refractivity contribution in [3.63, 3.8) is 0 Å². The van der Waals surface area contributed by atoms with Gasteiger partial charge in [0.25, 0.3) is 10.0 Å². The average molecular weight is 310 g/mol. The number of hydrogen-bond donors (Lipinski definition) is 1. The van der Waals surface area contributed by atoms with Crippen LogP contribution in [-0.2, 0) is 23.0 Å². The summed E-state index contributed by atoms with van der Waals surface area (Å²) in [5.74, 6) is 1.36. The van der Waals surface area contributed by atoms with Crippen molar-refractivity contribution in [3.05, 3.63) is 24.1 Å². The Morgan fingerprint density at radius 1 is 1.48 bits per heavy atom. The van der Waals surface area contributed by atoms with E-state index >= 15 is 0 Å². The van der Waals surface area contributed by atoms with Crippen LogP contribution in [-0.4, -0.2) is 23.4 Å². The second-order valence-corrected chi connectivity index (χ2v) is 6.92. The normalized spacial score (nSPS) is 15.9. The third-order valence-electron chi connectivity index (χ3n) is 3.76. The third-order valence-corrected chi connectivity index (χ3v) is 5.13. The van der Waals surface area contributed by atoms with Crippen molar-refractivity contribution >= 4 is 15.8 Å². The number of aryl methyl sites for hydroxylation is 1. The first-order valence-electron chi connectivity index (χ1n) is 7.08. The molecule has 0 amide bonds. The molecule has 1 N–H and O–H groups in total. The van der Waals surface area contributed by atoms with Gasteiger partial charge in [-0.15, -0.1) is 0 Å². The minimum Gasteiger partial charge on any atom is -0.359 e. The van der Waals surface area contributed by atoms with Gasteiger partial charge in [-0.05, 0) is 24.8 Å². The summed E-state index contributed by atoms with van der Waals surface area (Å²) in [5, 5.41) is 7.99. The van der Waals surface area contributed by atoms with Gasteiger partial charge >= 0.3 is 0 Å². The number of aromatic nitrogens is 3. The fraction of sp³-hybridized carbons (Fsp3) is 0.538. The monoisotopic (exact) mass is 310 g/mol. The molecule has 0 bridgehead atoms. The van der Waals surface area contributed by atoms with Crippen LogP contribution in [0.4, 0.5) is 5.82 Å². The molecule has 0 unspecified atom stereocenters. The number of nitrogens with one attached hydrogen (secondary N) is 1. The summed E-state index contributed by atoms with van der Waals surface area (Å²) in [4.78, 5) is 0. The van der Waals surface area contributed by atoms with E-state index in [0.29, 0.717) is 24.6 Å². The van der Waals surface area contributed by atoms with Gasteiger partial charge < -0.3 is 4.52 Å². The lowest BCUT2D eigenvalue weighted by Gasteiger charge is -2.25. The molecule has 0 spiro atoms. The molecule has 1 saturated carbocycles. The summed E-state index contributed by atoms with van der Waals surface area (Å²) in [6.45, 7) is 2.55. The van der Waals surface area contributed by atoms with Gasteiger partial charge in [-0.3, -0.25) is 9.40 Å². The fourth-order valence-corrected chi connectivity index (χ4v) is 3.44. The molecule has 0 aliphatic heterocycles. The Bertz CT molecular complexity index is 715. The molecule has 1 aliphatic carbocycles. The van der Waals surface area contributed by atoms with Gasteiger partial charge in [-0.1, -0.05) is 18.5 Å². The molecule has 0 aromatic carbocycles. The summed E-state index contributed by atoms with van der Waals surface area (Å²) in [6, 6.07) is 3.09. The largest absolute Gasteiger partial charge is 0.359 e. The van der Waals surface area contributed by atoms with E-state index in [-0.39, 0.29) is 10.8 Å². The van der Waals surface area contributed by atoms with Gasteiger partial charge in [0, 0.05) is 19.0 Å². The summed E-state index contributed by atoms with van der Waals surface area (Å²) in [7, 11) is -3.70.